The number of nitrogens with zero attached hydrogens (tertiary/aromatic N) is 2. The molecule has 168 valence electrons. The molecule has 6 heteroatoms. The third-order valence-corrected chi connectivity index (χ3v) is 5.70. The van der Waals surface area contributed by atoms with E-state index < -0.39 is 5.60 Å². The first-order chi connectivity index (χ1) is 15.2. The van der Waals surface area contributed by atoms with Crippen LogP contribution in [0.2, 0.25) is 0 Å². The number of ether oxygens (including phenoxy) is 1. The van der Waals surface area contributed by atoms with Crippen LogP contribution >= 0.6 is 0 Å². The van der Waals surface area contributed by atoms with E-state index in [4.69, 9.17) is 4.74 Å². The van der Waals surface area contributed by atoms with Gasteiger partial charge in [0.2, 0.25) is 5.91 Å². The Morgan fingerprint density at radius 2 is 1.78 bits per heavy atom. The summed E-state index contributed by atoms with van der Waals surface area (Å²) in [6.45, 7) is 9.05. The molecule has 1 N–H and O–H groups in total. The maximum Gasteiger partial charge on any atom is 0.410 e. The number of aryl methyl sites for hydroxylation is 1. The Hall–Kier alpha value is -3.28. The van der Waals surface area contributed by atoms with Gasteiger partial charge in [0.15, 0.2) is 0 Å². The molecule has 1 aliphatic heterocycles. The minimum absolute atomic E-state index is 0.0626. The molecule has 0 aliphatic carbocycles. The van der Waals surface area contributed by atoms with Gasteiger partial charge in [0.25, 0.3) is 0 Å². The summed E-state index contributed by atoms with van der Waals surface area (Å²) in [5, 5.41) is 4.17. The second-order valence-corrected chi connectivity index (χ2v) is 9.41. The van der Waals surface area contributed by atoms with E-state index >= 15 is 0 Å². The summed E-state index contributed by atoms with van der Waals surface area (Å²) >= 11 is 0. The van der Waals surface area contributed by atoms with Gasteiger partial charge >= 0.3 is 6.09 Å². The Labute approximate surface area is 189 Å². The van der Waals surface area contributed by atoms with Crippen molar-refractivity contribution in [1.29, 1.82) is 0 Å². The number of para-hydroxylation sites is 1. The Balaban J connectivity index is 1.59. The SMILES string of the molecule is Cc1cccc(NC(=O)Cn2c3c(c4ccccc42)CCN(C(=O)OC(C)(C)C)CC3)c1. The molecule has 0 unspecified atom stereocenters. The van der Waals surface area contributed by atoms with Crippen LogP contribution < -0.4 is 5.32 Å². The fourth-order valence-corrected chi connectivity index (χ4v) is 4.35. The maximum absolute atomic E-state index is 12.9. The second-order valence-electron chi connectivity index (χ2n) is 9.41. The third-order valence-electron chi connectivity index (χ3n) is 5.70. The van der Waals surface area contributed by atoms with Gasteiger partial charge in [-0.3, -0.25) is 4.79 Å². The van der Waals surface area contributed by atoms with Crippen LogP contribution in [0, 0.1) is 6.92 Å². The lowest BCUT2D eigenvalue weighted by atomic mass is 10.1. The van der Waals surface area contributed by atoms with Crippen molar-refractivity contribution in [2.75, 3.05) is 18.4 Å². The predicted octanol–water partition coefficient (Wildman–Crippen LogP) is 4.92. The summed E-state index contributed by atoms with van der Waals surface area (Å²) in [7, 11) is 0. The normalized spacial score (nSPS) is 14.1. The molecule has 0 saturated carbocycles. The first kappa shape index (κ1) is 21.9. The number of hydrogen-bond acceptors (Lipinski definition) is 3. The summed E-state index contributed by atoms with van der Waals surface area (Å²) in [5.41, 5.74) is 4.78. The summed E-state index contributed by atoms with van der Waals surface area (Å²) in [4.78, 5) is 27.3. The molecule has 2 amide bonds. The molecule has 6 nitrogen and oxygen atoms in total. The average molecular weight is 434 g/mol. The number of benzene rings is 2. The van der Waals surface area contributed by atoms with E-state index in [2.05, 4.69) is 22.0 Å². The fraction of sp³-hybridized carbons (Fsp3) is 0.385. The molecule has 1 aromatic heterocycles. The lowest BCUT2D eigenvalue weighted by Crippen LogP contribution is -2.38. The molecule has 2 heterocycles. The zero-order valence-corrected chi connectivity index (χ0v) is 19.3. The molecule has 1 aliphatic rings. The number of carbonyl (C=O) groups is 2. The van der Waals surface area contributed by atoms with E-state index in [1.165, 1.54) is 5.56 Å². The van der Waals surface area contributed by atoms with E-state index in [9.17, 15) is 9.59 Å². The highest BCUT2D eigenvalue weighted by atomic mass is 16.6. The van der Waals surface area contributed by atoms with Crippen molar-refractivity contribution in [2.24, 2.45) is 0 Å². The summed E-state index contributed by atoms with van der Waals surface area (Å²) in [6, 6.07) is 16.0. The first-order valence-electron chi connectivity index (χ1n) is 11.1. The highest BCUT2D eigenvalue weighted by molar-refractivity contribution is 5.93. The quantitative estimate of drug-likeness (QED) is 0.637. The topological polar surface area (TPSA) is 63.6 Å². The van der Waals surface area contributed by atoms with Crippen molar-refractivity contribution in [3.8, 4) is 0 Å². The van der Waals surface area contributed by atoms with Crippen LogP contribution in [0.5, 0.6) is 0 Å². The standard InChI is InChI=1S/C26H31N3O3/c1-18-8-7-9-19(16-18)27-24(30)17-29-22-11-6-5-10-20(22)21-12-14-28(15-13-23(21)29)25(31)32-26(2,3)4/h5-11,16H,12-15,17H2,1-4H3,(H,27,30). The van der Waals surface area contributed by atoms with Crippen LogP contribution in [-0.2, 0) is 28.9 Å². The smallest absolute Gasteiger partial charge is 0.410 e. The molecule has 0 saturated heterocycles. The highest BCUT2D eigenvalue weighted by Crippen LogP contribution is 2.30. The third kappa shape index (κ3) is 4.79. The van der Waals surface area contributed by atoms with Gasteiger partial charge in [0.1, 0.15) is 12.1 Å². The highest BCUT2D eigenvalue weighted by Gasteiger charge is 2.27. The number of hydrogen-bond donors (Lipinski definition) is 1. The van der Waals surface area contributed by atoms with Crippen molar-refractivity contribution in [3.63, 3.8) is 0 Å². The lowest BCUT2D eigenvalue weighted by molar-refractivity contribution is -0.116. The van der Waals surface area contributed by atoms with Crippen LogP contribution in [-0.4, -0.2) is 40.2 Å². The van der Waals surface area contributed by atoms with Gasteiger partial charge in [-0.2, -0.15) is 0 Å². The van der Waals surface area contributed by atoms with Crippen LogP contribution in [0.4, 0.5) is 10.5 Å². The Morgan fingerprint density at radius 3 is 2.53 bits per heavy atom. The van der Waals surface area contributed by atoms with E-state index in [0.29, 0.717) is 19.5 Å². The number of carbonyl (C=O) groups excluding carboxylic acids is 2. The molecular formula is C26H31N3O3. The van der Waals surface area contributed by atoms with Gasteiger partial charge in [0.05, 0.1) is 0 Å². The minimum atomic E-state index is -0.522. The molecule has 0 bridgehead atoms. The largest absolute Gasteiger partial charge is 0.444 e. The van der Waals surface area contributed by atoms with Crippen LogP contribution in [0.3, 0.4) is 0 Å². The van der Waals surface area contributed by atoms with E-state index in [1.54, 1.807) is 4.90 Å². The monoisotopic (exact) mass is 433 g/mol. The zero-order valence-electron chi connectivity index (χ0n) is 19.3. The van der Waals surface area contributed by atoms with Gasteiger partial charge in [0, 0.05) is 41.8 Å². The molecule has 32 heavy (non-hydrogen) atoms. The molecular weight excluding hydrogens is 402 g/mol. The predicted molar refractivity (Wildman–Crippen MR) is 127 cm³/mol. The average Bonchev–Trinajstić information content (AvgIpc) is 2.86. The molecule has 2 aromatic carbocycles. The van der Waals surface area contributed by atoms with Crippen LogP contribution in [0.1, 0.15) is 37.6 Å². The number of nitrogens with one attached hydrogen (secondary N) is 1. The molecule has 0 atom stereocenters. The maximum atomic E-state index is 12.9. The van der Waals surface area contributed by atoms with E-state index in [1.807, 2.05) is 64.1 Å². The van der Waals surface area contributed by atoms with Crippen LogP contribution in [0.25, 0.3) is 10.9 Å². The first-order valence-corrected chi connectivity index (χ1v) is 11.1. The molecule has 3 aromatic rings. The summed E-state index contributed by atoms with van der Waals surface area (Å²) < 4.78 is 7.69. The molecule has 4 rings (SSSR count). The van der Waals surface area contributed by atoms with Gasteiger partial charge in [-0.05, 0) is 63.4 Å². The van der Waals surface area contributed by atoms with E-state index in [0.717, 1.165) is 34.3 Å². The van der Waals surface area contributed by atoms with E-state index in [-0.39, 0.29) is 18.5 Å². The summed E-state index contributed by atoms with van der Waals surface area (Å²) in [6.07, 6.45) is 1.14. The Bertz CT molecular complexity index is 1160. The van der Waals surface area contributed by atoms with Gasteiger partial charge in [-0.1, -0.05) is 30.3 Å². The number of anilines is 1. The van der Waals surface area contributed by atoms with Gasteiger partial charge in [-0.25, -0.2) is 4.79 Å². The van der Waals surface area contributed by atoms with Crippen molar-refractivity contribution in [1.82, 2.24) is 9.47 Å². The Morgan fingerprint density at radius 1 is 1.03 bits per heavy atom. The number of amides is 2. The number of fused-ring (bicyclic) bond motifs is 3. The number of rotatable bonds is 3. The fourth-order valence-electron chi connectivity index (χ4n) is 4.35. The van der Waals surface area contributed by atoms with Crippen LogP contribution in [0.15, 0.2) is 48.5 Å². The van der Waals surface area contributed by atoms with Crippen molar-refractivity contribution >= 4 is 28.6 Å². The minimum Gasteiger partial charge on any atom is -0.444 e. The van der Waals surface area contributed by atoms with Crippen molar-refractivity contribution < 1.29 is 14.3 Å². The molecule has 0 fully saturated rings. The lowest BCUT2D eigenvalue weighted by Gasteiger charge is -2.26. The zero-order chi connectivity index (χ0) is 22.9. The van der Waals surface area contributed by atoms with Crippen molar-refractivity contribution in [2.45, 2.75) is 52.7 Å². The summed E-state index contributed by atoms with van der Waals surface area (Å²) in [5.74, 6) is -0.0626. The van der Waals surface area contributed by atoms with Gasteiger partial charge < -0.3 is 19.5 Å². The van der Waals surface area contributed by atoms with Crippen molar-refractivity contribution in [3.05, 3.63) is 65.4 Å². The number of aromatic nitrogens is 1. The van der Waals surface area contributed by atoms with Gasteiger partial charge in [-0.15, -0.1) is 0 Å². The molecule has 0 spiro atoms. The second kappa shape index (κ2) is 8.69. The Kier molecular flexibility index (Phi) is 5.96. The molecule has 0 radical (unpaired) electrons.